The van der Waals surface area contributed by atoms with Crippen LogP contribution in [0.15, 0.2) is 23.8 Å². The number of Topliss-reactive ketones (excluding diaryl/α,β-unsaturated/α-hetero) is 1. The van der Waals surface area contributed by atoms with Gasteiger partial charge in [-0.2, -0.15) is 0 Å². The molecule has 1 N–H and O–H groups in total. The van der Waals surface area contributed by atoms with E-state index in [0.717, 1.165) is 18.4 Å². The Hall–Kier alpha value is -1.93. The van der Waals surface area contributed by atoms with Crippen LogP contribution in [0.5, 0.6) is 0 Å². The molecule has 2 nitrogen and oxygen atoms in total. The van der Waals surface area contributed by atoms with E-state index in [0.29, 0.717) is 6.42 Å². The van der Waals surface area contributed by atoms with Crippen LogP contribution in [0.25, 0.3) is 0 Å². The van der Waals surface area contributed by atoms with Crippen LogP contribution in [0.2, 0.25) is 0 Å². The zero-order chi connectivity index (χ0) is 17.0. The first kappa shape index (κ1) is 20.1. The Morgan fingerprint density at radius 3 is 2.55 bits per heavy atom. The summed E-state index contributed by atoms with van der Waals surface area (Å²) in [6.07, 6.45) is 8.88. The summed E-state index contributed by atoms with van der Waals surface area (Å²) in [5, 5.41) is 2.77. The quantitative estimate of drug-likeness (QED) is 0.436. The van der Waals surface area contributed by atoms with Crippen molar-refractivity contribution in [2.75, 3.05) is 7.05 Å². The van der Waals surface area contributed by atoms with Crippen LogP contribution in [0.3, 0.4) is 0 Å². The number of carbonyl (C=O) groups excluding carboxylic acids is 1. The second kappa shape index (κ2) is 10.7. The van der Waals surface area contributed by atoms with Gasteiger partial charge in [-0.25, -0.2) is 0 Å². The molecule has 0 bridgehead atoms. The van der Waals surface area contributed by atoms with E-state index in [1.54, 1.807) is 7.05 Å². The molecule has 0 rings (SSSR count). The first-order chi connectivity index (χ1) is 10.4. The van der Waals surface area contributed by atoms with E-state index in [1.807, 2.05) is 26.8 Å². The summed E-state index contributed by atoms with van der Waals surface area (Å²) in [5.41, 5.74) is 0.712. The van der Waals surface area contributed by atoms with Crippen LogP contribution in [0, 0.1) is 35.1 Å². The molecule has 2 unspecified atom stereocenters. The van der Waals surface area contributed by atoms with Crippen LogP contribution >= 0.6 is 0 Å². The molecule has 0 saturated carbocycles. The van der Waals surface area contributed by atoms with Crippen LogP contribution in [-0.4, -0.2) is 12.8 Å². The first-order valence-electron chi connectivity index (χ1n) is 7.95. The summed E-state index contributed by atoms with van der Waals surface area (Å²) in [4.78, 5) is 12.1. The van der Waals surface area contributed by atoms with Gasteiger partial charge in [0.2, 0.25) is 0 Å². The number of hydrogen-bond donors (Lipinski definition) is 1. The van der Waals surface area contributed by atoms with Gasteiger partial charge in [0.05, 0.1) is 11.3 Å². The van der Waals surface area contributed by atoms with E-state index in [-0.39, 0.29) is 17.1 Å². The molecule has 0 fully saturated rings. The molecule has 0 aliphatic rings. The number of allylic oxidation sites excluding steroid dienone is 4. The summed E-state index contributed by atoms with van der Waals surface area (Å²) in [5.74, 6) is 8.98. The number of hydrogen-bond acceptors (Lipinski definition) is 2. The standard InChI is InChI=1S/C20H29NO/c1-7-10-11-14-20(5,13-8-2)17(4)16-18(12-15-21-6)19(22)9-3/h11,14,16,18,21H,7,9-10H2,1-6H3/b14-11-,17-16+. The molecular weight excluding hydrogens is 270 g/mol. The third-order valence-corrected chi connectivity index (χ3v) is 3.58. The van der Waals surface area contributed by atoms with Crippen molar-refractivity contribution in [2.24, 2.45) is 11.3 Å². The minimum Gasteiger partial charge on any atom is -0.349 e. The smallest absolute Gasteiger partial charge is 0.151 e. The normalized spacial score (nSPS) is 15.1. The maximum absolute atomic E-state index is 12.1. The van der Waals surface area contributed by atoms with Crippen LogP contribution < -0.4 is 5.32 Å². The zero-order valence-electron chi connectivity index (χ0n) is 14.8. The fourth-order valence-electron chi connectivity index (χ4n) is 2.03. The van der Waals surface area contributed by atoms with Crippen LogP contribution in [0.4, 0.5) is 0 Å². The van der Waals surface area contributed by atoms with E-state index >= 15 is 0 Å². The molecule has 22 heavy (non-hydrogen) atoms. The summed E-state index contributed by atoms with van der Waals surface area (Å²) in [6, 6.07) is 2.79. The van der Waals surface area contributed by atoms with Crippen molar-refractivity contribution in [3.05, 3.63) is 23.8 Å². The van der Waals surface area contributed by atoms with Gasteiger partial charge in [-0.15, -0.1) is 5.92 Å². The van der Waals surface area contributed by atoms with Crippen molar-refractivity contribution in [2.45, 2.75) is 53.9 Å². The van der Waals surface area contributed by atoms with Gasteiger partial charge in [-0.3, -0.25) is 4.79 Å². The largest absolute Gasteiger partial charge is 0.349 e. The van der Waals surface area contributed by atoms with Gasteiger partial charge < -0.3 is 5.32 Å². The lowest BCUT2D eigenvalue weighted by molar-refractivity contribution is -0.119. The second-order valence-corrected chi connectivity index (χ2v) is 5.43. The Kier molecular flexibility index (Phi) is 9.80. The Morgan fingerprint density at radius 1 is 1.36 bits per heavy atom. The lowest BCUT2D eigenvalue weighted by atomic mass is 9.80. The fraction of sp³-hybridized carbons (Fsp3) is 0.550. The highest BCUT2D eigenvalue weighted by atomic mass is 16.1. The van der Waals surface area contributed by atoms with Gasteiger partial charge in [0.1, 0.15) is 0 Å². The number of carbonyl (C=O) groups is 1. The molecule has 0 aromatic heterocycles. The Bertz CT molecular complexity index is 534. The second-order valence-electron chi connectivity index (χ2n) is 5.43. The number of unbranched alkanes of at least 4 members (excludes halogenated alkanes) is 1. The molecule has 0 saturated heterocycles. The van der Waals surface area contributed by atoms with Crippen molar-refractivity contribution in [3.63, 3.8) is 0 Å². The summed E-state index contributed by atoms with van der Waals surface area (Å²) >= 11 is 0. The van der Waals surface area contributed by atoms with E-state index in [4.69, 9.17) is 0 Å². The highest BCUT2D eigenvalue weighted by Crippen LogP contribution is 2.29. The van der Waals surface area contributed by atoms with E-state index in [2.05, 4.69) is 55.1 Å². The molecule has 2 atom stereocenters. The summed E-state index contributed by atoms with van der Waals surface area (Å²) in [6.45, 7) is 9.97. The molecule has 0 radical (unpaired) electrons. The zero-order valence-corrected chi connectivity index (χ0v) is 14.8. The molecule has 0 aromatic carbocycles. The van der Waals surface area contributed by atoms with Crippen molar-refractivity contribution < 1.29 is 4.79 Å². The summed E-state index contributed by atoms with van der Waals surface area (Å²) in [7, 11) is 1.75. The minimum absolute atomic E-state index is 0.131. The van der Waals surface area contributed by atoms with Crippen molar-refractivity contribution in [3.8, 4) is 23.8 Å². The van der Waals surface area contributed by atoms with Gasteiger partial charge in [0, 0.05) is 19.5 Å². The molecule has 120 valence electrons. The molecule has 0 aliphatic heterocycles. The first-order valence-corrected chi connectivity index (χ1v) is 7.95. The van der Waals surface area contributed by atoms with Crippen LogP contribution in [0.1, 0.15) is 53.9 Å². The average Bonchev–Trinajstić information content (AvgIpc) is 2.50. The topological polar surface area (TPSA) is 29.1 Å². The van der Waals surface area contributed by atoms with E-state index in [9.17, 15) is 4.79 Å². The van der Waals surface area contributed by atoms with E-state index < -0.39 is 0 Å². The van der Waals surface area contributed by atoms with Gasteiger partial charge >= 0.3 is 0 Å². The van der Waals surface area contributed by atoms with Crippen molar-refractivity contribution in [1.82, 2.24) is 5.32 Å². The molecule has 0 amide bonds. The van der Waals surface area contributed by atoms with Gasteiger partial charge in [0.25, 0.3) is 0 Å². The Morgan fingerprint density at radius 2 is 2.05 bits per heavy atom. The summed E-state index contributed by atoms with van der Waals surface area (Å²) < 4.78 is 0. The Balaban J connectivity index is 5.60. The lowest BCUT2D eigenvalue weighted by Crippen LogP contribution is -2.16. The van der Waals surface area contributed by atoms with Gasteiger partial charge in [-0.1, -0.05) is 55.9 Å². The predicted octanol–water partition coefficient (Wildman–Crippen LogP) is 4.09. The van der Waals surface area contributed by atoms with Crippen molar-refractivity contribution in [1.29, 1.82) is 0 Å². The molecule has 0 heterocycles. The fourth-order valence-corrected chi connectivity index (χ4v) is 2.03. The maximum Gasteiger partial charge on any atom is 0.151 e. The molecular formula is C20H29NO. The minimum atomic E-state index is -0.380. The molecule has 0 aromatic rings. The third kappa shape index (κ3) is 6.68. The lowest BCUT2D eigenvalue weighted by Gasteiger charge is -2.22. The monoisotopic (exact) mass is 299 g/mol. The number of nitrogens with one attached hydrogen (secondary N) is 1. The van der Waals surface area contributed by atoms with E-state index in [1.165, 1.54) is 0 Å². The SMILES string of the molecule is CC#CC(C)(/C=C\CCC)/C(C)=C/C(C#CNC)C(=O)CC. The van der Waals surface area contributed by atoms with Gasteiger partial charge in [-0.05, 0) is 27.2 Å². The number of ketones is 1. The average molecular weight is 299 g/mol. The van der Waals surface area contributed by atoms with Crippen molar-refractivity contribution >= 4 is 5.78 Å². The maximum atomic E-state index is 12.1. The molecule has 2 heteroatoms. The van der Waals surface area contributed by atoms with Crippen LogP contribution in [-0.2, 0) is 4.79 Å². The van der Waals surface area contributed by atoms with Gasteiger partial charge in [0.15, 0.2) is 5.78 Å². The Labute approximate surface area is 136 Å². The highest BCUT2D eigenvalue weighted by molar-refractivity contribution is 5.85. The number of rotatable bonds is 7. The third-order valence-electron chi connectivity index (χ3n) is 3.58. The predicted molar refractivity (Wildman–Crippen MR) is 95.0 cm³/mol. The molecule has 0 aliphatic carbocycles. The molecule has 0 spiro atoms. The highest BCUT2D eigenvalue weighted by Gasteiger charge is 2.22.